The predicted octanol–water partition coefficient (Wildman–Crippen LogP) is 4.17. The summed E-state index contributed by atoms with van der Waals surface area (Å²) in [6, 6.07) is 12.7. The van der Waals surface area contributed by atoms with Gasteiger partial charge in [0.15, 0.2) is 0 Å². The van der Waals surface area contributed by atoms with Gasteiger partial charge in [-0.15, -0.1) is 11.3 Å². The van der Waals surface area contributed by atoms with Gasteiger partial charge in [0.2, 0.25) is 0 Å². The number of thiophene rings is 1. The molecule has 19 heavy (non-hydrogen) atoms. The van der Waals surface area contributed by atoms with Crippen molar-refractivity contribution in [3.05, 3.63) is 53.2 Å². The molecule has 0 bridgehead atoms. The fourth-order valence-electron chi connectivity index (χ4n) is 2.10. The van der Waals surface area contributed by atoms with Crippen molar-refractivity contribution in [2.75, 3.05) is 5.32 Å². The summed E-state index contributed by atoms with van der Waals surface area (Å²) in [6.45, 7) is 4.07. The van der Waals surface area contributed by atoms with Crippen LogP contribution in [0, 0.1) is 6.92 Å². The Hall–Kier alpha value is -1.94. The molecule has 1 N–H and O–H groups in total. The van der Waals surface area contributed by atoms with Crippen LogP contribution in [0.5, 0.6) is 0 Å². The lowest BCUT2D eigenvalue weighted by Crippen LogP contribution is -2.08. The molecule has 0 fully saturated rings. The maximum Gasteiger partial charge on any atom is 0.138 e. The van der Waals surface area contributed by atoms with Crippen molar-refractivity contribution in [1.82, 2.24) is 9.97 Å². The maximum atomic E-state index is 4.52. The van der Waals surface area contributed by atoms with Crippen LogP contribution in [0.25, 0.3) is 10.2 Å². The van der Waals surface area contributed by atoms with Crippen LogP contribution in [0.4, 0.5) is 5.82 Å². The van der Waals surface area contributed by atoms with E-state index < -0.39 is 0 Å². The molecule has 0 aliphatic carbocycles. The molecule has 0 spiro atoms. The van der Waals surface area contributed by atoms with Crippen molar-refractivity contribution in [2.24, 2.45) is 0 Å². The summed E-state index contributed by atoms with van der Waals surface area (Å²) in [5.41, 5.74) is 1.25. The second kappa shape index (κ2) is 4.97. The van der Waals surface area contributed by atoms with Crippen LogP contribution < -0.4 is 5.32 Å². The van der Waals surface area contributed by atoms with Gasteiger partial charge in [-0.2, -0.15) is 0 Å². The number of nitrogens with zero attached hydrogens (tertiary/aromatic N) is 2. The molecule has 96 valence electrons. The molecule has 1 aromatic carbocycles. The van der Waals surface area contributed by atoms with E-state index in [9.17, 15) is 0 Å². The second-order valence-electron chi connectivity index (χ2n) is 4.54. The molecule has 0 unspecified atom stereocenters. The van der Waals surface area contributed by atoms with E-state index in [1.807, 2.05) is 13.0 Å². The maximum absolute atomic E-state index is 4.52. The normalized spacial score (nSPS) is 12.5. The molecule has 1 atom stereocenters. The largest absolute Gasteiger partial charge is 0.363 e. The van der Waals surface area contributed by atoms with Crippen molar-refractivity contribution in [3.63, 3.8) is 0 Å². The first-order chi connectivity index (χ1) is 9.24. The van der Waals surface area contributed by atoms with Crippen LogP contribution in [0.2, 0.25) is 0 Å². The molecule has 3 rings (SSSR count). The lowest BCUT2D eigenvalue weighted by molar-refractivity contribution is 0.872. The molecular weight excluding hydrogens is 254 g/mol. The van der Waals surface area contributed by atoms with Gasteiger partial charge < -0.3 is 5.32 Å². The smallest absolute Gasteiger partial charge is 0.138 e. The van der Waals surface area contributed by atoms with Gasteiger partial charge in [-0.05, 0) is 30.9 Å². The number of nitrogens with one attached hydrogen (secondary N) is 1. The number of hydrogen-bond donors (Lipinski definition) is 1. The van der Waals surface area contributed by atoms with E-state index in [2.05, 4.69) is 57.9 Å². The van der Waals surface area contributed by atoms with E-state index >= 15 is 0 Å². The highest BCUT2D eigenvalue weighted by atomic mass is 32.1. The number of fused-ring (bicyclic) bond motifs is 1. The lowest BCUT2D eigenvalue weighted by Gasteiger charge is -2.15. The topological polar surface area (TPSA) is 37.8 Å². The molecule has 4 heteroatoms. The third-order valence-electron chi connectivity index (χ3n) is 3.09. The van der Waals surface area contributed by atoms with Crippen molar-refractivity contribution < 1.29 is 0 Å². The number of aromatic nitrogens is 2. The van der Waals surface area contributed by atoms with Gasteiger partial charge in [0.05, 0.1) is 5.39 Å². The summed E-state index contributed by atoms with van der Waals surface area (Å²) in [5, 5.41) is 6.63. The van der Waals surface area contributed by atoms with E-state index in [0.717, 1.165) is 21.9 Å². The first-order valence-electron chi connectivity index (χ1n) is 6.27. The molecule has 3 nitrogen and oxygen atoms in total. The Bertz CT molecular complexity index is 691. The third kappa shape index (κ3) is 2.44. The minimum Gasteiger partial charge on any atom is -0.363 e. The summed E-state index contributed by atoms with van der Waals surface area (Å²) in [4.78, 5) is 10.0. The summed E-state index contributed by atoms with van der Waals surface area (Å²) in [7, 11) is 0. The van der Waals surface area contributed by atoms with Gasteiger partial charge in [-0.1, -0.05) is 30.3 Å². The number of aryl methyl sites for hydroxylation is 1. The Morgan fingerprint density at radius 3 is 2.68 bits per heavy atom. The highest BCUT2D eigenvalue weighted by Gasteiger charge is 2.10. The minimum absolute atomic E-state index is 0.221. The Morgan fingerprint density at radius 1 is 1.11 bits per heavy atom. The first kappa shape index (κ1) is 12.1. The molecule has 3 aromatic rings. The van der Waals surface area contributed by atoms with Crippen LogP contribution in [0.15, 0.2) is 41.8 Å². The summed E-state index contributed by atoms with van der Waals surface area (Å²) in [5.74, 6) is 1.72. The molecule has 0 aliphatic heterocycles. The van der Waals surface area contributed by atoms with Crippen LogP contribution in [-0.2, 0) is 0 Å². The fourth-order valence-corrected chi connectivity index (χ4v) is 2.91. The zero-order chi connectivity index (χ0) is 13.2. The second-order valence-corrected chi connectivity index (χ2v) is 5.43. The van der Waals surface area contributed by atoms with Crippen molar-refractivity contribution >= 4 is 27.4 Å². The molecule has 0 radical (unpaired) electrons. The average Bonchev–Trinajstić information content (AvgIpc) is 2.88. The molecule has 0 aliphatic rings. The SMILES string of the molecule is Cc1nc(N[C@@H](C)c2ccccc2)c2ccsc2n1. The van der Waals surface area contributed by atoms with Gasteiger partial charge in [0, 0.05) is 6.04 Å². The average molecular weight is 269 g/mol. The Balaban J connectivity index is 1.95. The third-order valence-corrected chi connectivity index (χ3v) is 3.90. The standard InChI is InChI=1S/C15H15N3S/c1-10(12-6-4-3-5-7-12)16-14-13-8-9-19-15(13)18-11(2)17-14/h3-10H,1-2H3,(H,16,17,18)/t10-/m0/s1. The van der Waals surface area contributed by atoms with Crippen molar-refractivity contribution in [2.45, 2.75) is 19.9 Å². The summed E-state index contributed by atoms with van der Waals surface area (Å²) >= 11 is 1.65. The van der Waals surface area contributed by atoms with E-state index in [0.29, 0.717) is 0 Å². The molecule has 2 heterocycles. The predicted molar refractivity (Wildman–Crippen MR) is 80.6 cm³/mol. The molecule has 0 saturated heterocycles. The van der Waals surface area contributed by atoms with Crippen molar-refractivity contribution in [3.8, 4) is 0 Å². The van der Waals surface area contributed by atoms with Crippen LogP contribution in [-0.4, -0.2) is 9.97 Å². The number of hydrogen-bond acceptors (Lipinski definition) is 4. The van der Waals surface area contributed by atoms with Crippen LogP contribution in [0.1, 0.15) is 24.4 Å². The monoisotopic (exact) mass is 269 g/mol. The lowest BCUT2D eigenvalue weighted by atomic mass is 10.1. The van der Waals surface area contributed by atoms with E-state index in [4.69, 9.17) is 0 Å². The highest BCUT2D eigenvalue weighted by Crippen LogP contribution is 2.27. The Kier molecular flexibility index (Phi) is 3.17. The van der Waals surface area contributed by atoms with E-state index in [1.54, 1.807) is 11.3 Å². The van der Waals surface area contributed by atoms with Crippen molar-refractivity contribution in [1.29, 1.82) is 0 Å². The molecule has 2 aromatic heterocycles. The summed E-state index contributed by atoms with van der Waals surface area (Å²) in [6.07, 6.45) is 0. The van der Waals surface area contributed by atoms with Gasteiger partial charge in [0.1, 0.15) is 16.5 Å². The fraction of sp³-hybridized carbons (Fsp3) is 0.200. The minimum atomic E-state index is 0.221. The molecule has 0 saturated carbocycles. The van der Waals surface area contributed by atoms with Gasteiger partial charge in [-0.3, -0.25) is 0 Å². The Morgan fingerprint density at radius 2 is 1.89 bits per heavy atom. The first-order valence-corrected chi connectivity index (χ1v) is 7.15. The molecule has 0 amide bonds. The van der Waals surface area contributed by atoms with Crippen LogP contribution in [0.3, 0.4) is 0 Å². The number of anilines is 1. The van der Waals surface area contributed by atoms with Gasteiger partial charge in [0.25, 0.3) is 0 Å². The van der Waals surface area contributed by atoms with E-state index in [-0.39, 0.29) is 6.04 Å². The number of benzene rings is 1. The highest BCUT2D eigenvalue weighted by molar-refractivity contribution is 7.16. The van der Waals surface area contributed by atoms with E-state index in [1.165, 1.54) is 5.56 Å². The molecular formula is C15H15N3S. The zero-order valence-corrected chi connectivity index (χ0v) is 11.7. The Labute approximate surface area is 116 Å². The zero-order valence-electron chi connectivity index (χ0n) is 10.9. The summed E-state index contributed by atoms with van der Waals surface area (Å²) < 4.78 is 0. The number of rotatable bonds is 3. The van der Waals surface area contributed by atoms with Gasteiger partial charge >= 0.3 is 0 Å². The van der Waals surface area contributed by atoms with Gasteiger partial charge in [-0.25, -0.2) is 9.97 Å². The quantitative estimate of drug-likeness (QED) is 0.775. The van der Waals surface area contributed by atoms with Crippen LogP contribution >= 0.6 is 11.3 Å².